The van der Waals surface area contributed by atoms with Crippen LogP contribution in [0.3, 0.4) is 0 Å². The summed E-state index contributed by atoms with van der Waals surface area (Å²) in [6.07, 6.45) is 8.75. The topological polar surface area (TPSA) is 12.0 Å². The molecule has 2 fully saturated rings. The second kappa shape index (κ2) is 3.37. The van der Waals surface area contributed by atoms with Gasteiger partial charge in [-0.05, 0) is 50.0 Å². The Balaban J connectivity index is 1.62. The molecule has 0 amide bonds. The average Bonchev–Trinajstić information content (AvgIpc) is 2.78. The van der Waals surface area contributed by atoms with E-state index in [9.17, 15) is 0 Å². The first-order valence-corrected chi connectivity index (χ1v) is 5.55. The predicted molar refractivity (Wildman–Crippen MR) is 52.2 cm³/mol. The molecule has 0 spiro atoms. The van der Waals surface area contributed by atoms with Crippen molar-refractivity contribution in [1.29, 1.82) is 0 Å². The van der Waals surface area contributed by atoms with Crippen molar-refractivity contribution in [3.63, 3.8) is 0 Å². The summed E-state index contributed by atoms with van der Waals surface area (Å²) in [6.45, 7) is 4.93. The maximum Gasteiger partial charge on any atom is 0.000782 e. The Hall–Kier alpha value is -0.0400. The van der Waals surface area contributed by atoms with Crippen molar-refractivity contribution in [2.24, 2.45) is 11.3 Å². The Morgan fingerprint density at radius 3 is 2.50 bits per heavy atom. The molecule has 12 heavy (non-hydrogen) atoms. The second-order valence-electron chi connectivity index (χ2n) is 4.78. The lowest BCUT2D eigenvalue weighted by Gasteiger charge is -2.41. The van der Waals surface area contributed by atoms with Gasteiger partial charge in [-0.3, -0.25) is 0 Å². The molecule has 0 saturated heterocycles. The smallest absolute Gasteiger partial charge is 0.000782 e. The van der Waals surface area contributed by atoms with Crippen LogP contribution in [0.5, 0.6) is 0 Å². The highest BCUT2D eigenvalue weighted by molar-refractivity contribution is 4.89. The summed E-state index contributed by atoms with van der Waals surface area (Å²) in [6, 6.07) is 0. The van der Waals surface area contributed by atoms with Gasteiger partial charge in [0.1, 0.15) is 0 Å². The Kier molecular flexibility index (Phi) is 2.40. The zero-order valence-electron chi connectivity index (χ0n) is 8.23. The fraction of sp³-hybridized carbons (Fsp3) is 1.00. The van der Waals surface area contributed by atoms with Gasteiger partial charge in [0.05, 0.1) is 0 Å². The zero-order chi connectivity index (χ0) is 8.44. The van der Waals surface area contributed by atoms with Gasteiger partial charge in [0, 0.05) is 6.54 Å². The van der Waals surface area contributed by atoms with Gasteiger partial charge in [-0.1, -0.05) is 13.3 Å². The Morgan fingerprint density at radius 1 is 1.33 bits per heavy atom. The van der Waals surface area contributed by atoms with E-state index < -0.39 is 0 Å². The van der Waals surface area contributed by atoms with E-state index in [1.165, 1.54) is 51.6 Å². The van der Waals surface area contributed by atoms with E-state index >= 15 is 0 Å². The lowest BCUT2D eigenvalue weighted by atomic mass is 9.67. The van der Waals surface area contributed by atoms with Crippen LogP contribution in [-0.4, -0.2) is 13.1 Å². The quantitative estimate of drug-likeness (QED) is 0.663. The van der Waals surface area contributed by atoms with E-state index in [1.807, 2.05) is 0 Å². The molecule has 70 valence electrons. The molecule has 0 radical (unpaired) electrons. The summed E-state index contributed by atoms with van der Waals surface area (Å²) in [4.78, 5) is 0. The van der Waals surface area contributed by atoms with E-state index in [2.05, 4.69) is 12.2 Å². The number of rotatable bonds is 5. The Labute approximate surface area is 75.9 Å². The highest BCUT2D eigenvalue weighted by Gasteiger charge is 2.34. The molecule has 1 heteroatoms. The average molecular weight is 167 g/mol. The van der Waals surface area contributed by atoms with Gasteiger partial charge >= 0.3 is 0 Å². The third-order valence-corrected chi connectivity index (χ3v) is 3.79. The van der Waals surface area contributed by atoms with Crippen LogP contribution in [0.4, 0.5) is 0 Å². The van der Waals surface area contributed by atoms with Gasteiger partial charge in [-0.15, -0.1) is 0 Å². The van der Waals surface area contributed by atoms with Gasteiger partial charge in [0.25, 0.3) is 0 Å². The molecule has 2 aliphatic carbocycles. The molecular formula is C11H21N. The standard InChI is InChI=1S/C11H21N/c1-2-11(6-3-7-11)9-12-8-10-4-5-10/h10,12H,2-9H2,1H3. The van der Waals surface area contributed by atoms with Crippen molar-refractivity contribution < 1.29 is 0 Å². The summed E-state index contributed by atoms with van der Waals surface area (Å²) >= 11 is 0. The third-order valence-electron chi connectivity index (χ3n) is 3.79. The largest absolute Gasteiger partial charge is 0.316 e. The lowest BCUT2D eigenvalue weighted by Crippen LogP contribution is -2.39. The fourth-order valence-corrected chi connectivity index (χ4v) is 2.20. The first-order chi connectivity index (χ1) is 5.85. The van der Waals surface area contributed by atoms with Gasteiger partial charge in [0.15, 0.2) is 0 Å². The molecule has 2 saturated carbocycles. The van der Waals surface area contributed by atoms with Gasteiger partial charge in [0.2, 0.25) is 0 Å². The van der Waals surface area contributed by atoms with Crippen molar-refractivity contribution >= 4 is 0 Å². The lowest BCUT2D eigenvalue weighted by molar-refractivity contribution is 0.124. The van der Waals surface area contributed by atoms with E-state index in [1.54, 1.807) is 0 Å². The minimum atomic E-state index is 0.717. The van der Waals surface area contributed by atoms with E-state index in [-0.39, 0.29) is 0 Å². The van der Waals surface area contributed by atoms with Crippen LogP contribution in [0.2, 0.25) is 0 Å². The Bertz CT molecular complexity index is 140. The van der Waals surface area contributed by atoms with E-state index in [4.69, 9.17) is 0 Å². The van der Waals surface area contributed by atoms with Gasteiger partial charge in [-0.25, -0.2) is 0 Å². The van der Waals surface area contributed by atoms with E-state index in [0.29, 0.717) is 0 Å². The maximum atomic E-state index is 3.64. The molecule has 0 atom stereocenters. The van der Waals surface area contributed by atoms with Gasteiger partial charge < -0.3 is 5.32 Å². The normalized spacial score (nSPS) is 26.8. The van der Waals surface area contributed by atoms with Crippen LogP contribution in [-0.2, 0) is 0 Å². The summed E-state index contributed by atoms with van der Waals surface area (Å²) in [5, 5.41) is 3.64. The summed E-state index contributed by atoms with van der Waals surface area (Å²) < 4.78 is 0. The third kappa shape index (κ3) is 1.82. The molecule has 0 aromatic rings. The van der Waals surface area contributed by atoms with Crippen molar-refractivity contribution in [1.82, 2.24) is 5.32 Å². The summed E-state index contributed by atoms with van der Waals surface area (Å²) in [7, 11) is 0. The molecule has 1 N–H and O–H groups in total. The van der Waals surface area contributed by atoms with Crippen molar-refractivity contribution in [2.75, 3.05) is 13.1 Å². The molecule has 0 bridgehead atoms. The number of hydrogen-bond donors (Lipinski definition) is 1. The highest BCUT2D eigenvalue weighted by atomic mass is 14.9. The fourth-order valence-electron chi connectivity index (χ4n) is 2.20. The first kappa shape index (κ1) is 8.55. The Morgan fingerprint density at radius 2 is 2.08 bits per heavy atom. The molecule has 0 heterocycles. The van der Waals surface area contributed by atoms with Crippen molar-refractivity contribution in [3.05, 3.63) is 0 Å². The van der Waals surface area contributed by atoms with Crippen molar-refractivity contribution in [3.8, 4) is 0 Å². The van der Waals surface area contributed by atoms with Crippen LogP contribution < -0.4 is 5.32 Å². The number of nitrogens with one attached hydrogen (secondary N) is 1. The predicted octanol–water partition coefficient (Wildman–Crippen LogP) is 2.57. The minimum Gasteiger partial charge on any atom is -0.316 e. The second-order valence-corrected chi connectivity index (χ2v) is 4.78. The molecule has 0 aliphatic heterocycles. The maximum absolute atomic E-state index is 3.64. The SMILES string of the molecule is CCC1(CNCC2CC2)CCC1. The molecule has 2 rings (SSSR count). The molecule has 0 aromatic heterocycles. The molecule has 0 unspecified atom stereocenters. The molecular weight excluding hydrogens is 146 g/mol. The molecule has 0 aromatic carbocycles. The minimum absolute atomic E-state index is 0.717. The highest BCUT2D eigenvalue weighted by Crippen LogP contribution is 2.43. The molecule has 1 nitrogen and oxygen atoms in total. The summed E-state index contributed by atoms with van der Waals surface area (Å²) in [5.74, 6) is 1.04. The zero-order valence-corrected chi connectivity index (χ0v) is 8.23. The van der Waals surface area contributed by atoms with Gasteiger partial charge in [-0.2, -0.15) is 0 Å². The van der Waals surface area contributed by atoms with Crippen LogP contribution >= 0.6 is 0 Å². The number of hydrogen-bond acceptors (Lipinski definition) is 1. The summed E-state index contributed by atoms with van der Waals surface area (Å²) in [5.41, 5.74) is 0.717. The van der Waals surface area contributed by atoms with Crippen LogP contribution in [0.1, 0.15) is 45.4 Å². The van der Waals surface area contributed by atoms with Crippen LogP contribution in [0, 0.1) is 11.3 Å². The van der Waals surface area contributed by atoms with Crippen molar-refractivity contribution in [2.45, 2.75) is 45.4 Å². The monoisotopic (exact) mass is 167 g/mol. The first-order valence-electron chi connectivity index (χ1n) is 5.55. The van der Waals surface area contributed by atoms with E-state index in [0.717, 1.165) is 11.3 Å². The van der Waals surface area contributed by atoms with Crippen LogP contribution in [0.25, 0.3) is 0 Å². The van der Waals surface area contributed by atoms with Crippen LogP contribution in [0.15, 0.2) is 0 Å². The molecule has 2 aliphatic rings.